The SMILES string of the molecule is COc1cnc(C(=O)Nc2ccc(F)c([C@@]3(C)N=C(N)[C@](C)(F)C[C@@H]3F)c2)cn1. The predicted molar refractivity (Wildman–Crippen MR) is 101 cm³/mol. The highest BCUT2D eigenvalue weighted by Gasteiger charge is 2.49. The summed E-state index contributed by atoms with van der Waals surface area (Å²) in [6, 6.07) is 3.62. The molecule has 1 aliphatic heterocycles. The van der Waals surface area contributed by atoms with Crippen molar-refractivity contribution in [3.8, 4) is 5.88 Å². The molecule has 3 N–H and O–H groups in total. The van der Waals surface area contributed by atoms with Gasteiger partial charge in [-0.05, 0) is 32.0 Å². The number of halogens is 3. The minimum atomic E-state index is -2.12. The van der Waals surface area contributed by atoms with E-state index in [9.17, 15) is 18.0 Å². The van der Waals surface area contributed by atoms with Crippen molar-refractivity contribution >= 4 is 17.4 Å². The average molecular weight is 407 g/mol. The van der Waals surface area contributed by atoms with Crippen LogP contribution < -0.4 is 15.8 Å². The van der Waals surface area contributed by atoms with Crippen molar-refractivity contribution in [2.75, 3.05) is 12.4 Å². The van der Waals surface area contributed by atoms with Gasteiger partial charge in [0.2, 0.25) is 5.88 Å². The molecule has 29 heavy (non-hydrogen) atoms. The highest BCUT2D eigenvalue weighted by atomic mass is 19.2. The molecule has 0 bridgehead atoms. The van der Waals surface area contributed by atoms with E-state index in [-0.39, 0.29) is 22.8 Å². The van der Waals surface area contributed by atoms with Gasteiger partial charge in [0.05, 0.1) is 19.5 Å². The first kappa shape index (κ1) is 20.6. The maximum absolute atomic E-state index is 14.8. The van der Waals surface area contributed by atoms with Gasteiger partial charge in [-0.25, -0.2) is 23.1 Å². The Morgan fingerprint density at radius 1 is 1.31 bits per heavy atom. The van der Waals surface area contributed by atoms with Gasteiger partial charge in [-0.15, -0.1) is 0 Å². The molecule has 1 aromatic heterocycles. The molecule has 0 aliphatic carbocycles. The fourth-order valence-electron chi connectivity index (χ4n) is 3.03. The molecular weight excluding hydrogens is 387 g/mol. The monoisotopic (exact) mass is 407 g/mol. The van der Waals surface area contributed by atoms with Crippen molar-refractivity contribution in [3.05, 3.63) is 47.7 Å². The maximum atomic E-state index is 14.8. The molecule has 0 spiro atoms. The Labute approximate surface area is 165 Å². The largest absolute Gasteiger partial charge is 0.480 e. The van der Waals surface area contributed by atoms with Crippen molar-refractivity contribution in [1.29, 1.82) is 0 Å². The summed E-state index contributed by atoms with van der Waals surface area (Å²) in [6.07, 6.45) is 0.104. The van der Waals surface area contributed by atoms with E-state index in [0.29, 0.717) is 0 Å². The number of benzene rings is 1. The fraction of sp³-hybridized carbons (Fsp3) is 0.368. The van der Waals surface area contributed by atoms with E-state index in [1.54, 1.807) is 0 Å². The van der Waals surface area contributed by atoms with Crippen molar-refractivity contribution in [1.82, 2.24) is 9.97 Å². The van der Waals surface area contributed by atoms with Gasteiger partial charge < -0.3 is 15.8 Å². The van der Waals surface area contributed by atoms with Crippen LogP contribution in [0.2, 0.25) is 0 Å². The van der Waals surface area contributed by atoms with E-state index >= 15 is 0 Å². The molecular formula is C19H20F3N5O2. The second kappa shape index (κ2) is 7.34. The molecule has 3 rings (SSSR count). The number of nitrogens with two attached hydrogens (primary N) is 1. The lowest BCUT2D eigenvalue weighted by molar-refractivity contribution is 0.102. The van der Waals surface area contributed by atoms with Gasteiger partial charge in [-0.1, -0.05) is 0 Å². The van der Waals surface area contributed by atoms with Crippen LogP contribution in [0.3, 0.4) is 0 Å². The molecule has 2 heterocycles. The Hall–Kier alpha value is -3.17. The van der Waals surface area contributed by atoms with E-state index in [1.807, 2.05) is 0 Å². The Morgan fingerprint density at radius 3 is 2.66 bits per heavy atom. The number of nitrogens with zero attached hydrogens (tertiary/aromatic N) is 3. The summed E-state index contributed by atoms with van der Waals surface area (Å²) in [4.78, 5) is 24.1. The van der Waals surface area contributed by atoms with Gasteiger partial charge in [0.25, 0.3) is 5.91 Å². The van der Waals surface area contributed by atoms with Crippen LogP contribution in [0.1, 0.15) is 36.3 Å². The van der Waals surface area contributed by atoms with Crippen molar-refractivity contribution in [2.45, 2.75) is 37.6 Å². The zero-order chi connectivity index (χ0) is 21.4. The third-order valence-corrected chi connectivity index (χ3v) is 4.90. The molecule has 2 aromatic rings. The number of rotatable bonds is 4. The average Bonchev–Trinajstić information content (AvgIpc) is 2.67. The molecule has 1 amide bonds. The number of ether oxygens (including phenoxy) is 1. The molecule has 0 saturated carbocycles. The lowest BCUT2D eigenvalue weighted by Crippen LogP contribution is -2.51. The predicted octanol–water partition coefficient (Wildman–Crippen LogP) is 2.92. The number of nitrogens with one attached hydrogen (secondary N) is 1. The molecule has 0 fully saturated rings. The lowest BCUT2D eigenvalue weighted by Gasteiger charge is -2.38. The van der Waals surface area contributed by atoms with Gasteiger partial charge in [-0.2, -0.15) is 0 Å². The third kappa shape index (κ3) is 3.87. The topological polar surface area (TPSA) is 102 Å². The second-order valence-corrected chi connectivity index (χ2v) is 7.11. The van der Waals surface area contributed by atoms with E-state index in [1.165, 1.54) is 38.6 Å². The molecule has 3 atom stereocenters. The van der Waals surface area contributed by atoms with Crippen LogP contribution >= 0.6 is 0 Å². The van der Waals surface area contributed by atoms with E-state index < -0.39 is 41.4 Å². The number of hydrogen-bond acceptors (Lipinski definition) is 6. The minimum Gasteiger partial charge on any atom is -0.480 e. The van der Waals surface area contributed by atoms with Crippen LogP contribution in [-0.2, 0) is 5.54 Å². The first-order chi connectivity index (χ1) is 13.6. The summed E-state index contributed by atoms with van der Waals surface area (Å²) in [5.41, 5.74) is 1.82. The Kier molecular flexibility index (Phi) is 5.20. The zero-order valence-corrected chi connectivity index (χ0v) is 16.0. The van der Waals surface area contributed by atoms with Crippen LogP contribution in [0.25, 0.3) is 0 Å². The minimum absolute atomic E-state index is 0.000572. The molecule has 7 nitrogen and oxygen atoms in total. The number of hydrogen-bond donors (Lipinski definition) is 2. The molecule has 1 aromatic carbocycles. The van der Waals surface area contributed by atoms with Crippen LogP contribution in [0.15, 0.2) is 35.6 Å². The summed E-state index contributed by atoms with van der Waals surface area (Å²) in [5, 5.41) is 2.54. The van der Waals surface area contributed by atoms with E-state index in [4.69, 9.17) is 10.5 Å². The quantitative estimate of drug-likeness (QED) is 0.811. The standard InChI is InChI=1S/C19H20F3N5O2/c1-18(22)7-14(21)19(2,27-17(18)23)11-6-10(4-5-12(11)20)26-16(28)13-8-25-15(29-3)9-24-13/h4-6,8-9,14H,7H2,1-3H3,(H2,23,27)(H,26,28)/t14-,18+,19+/m0/s1. The fourth-order valence-corrected chi connectivity index (χ4v) is 3.03. The number of aromatic nitrogens is 2. The number of aliphatic imine (C=N–C) groups is 1. The van der Waals surface area contributed by atoms with Crippen molar-refractivity contribution in [2.24, 2.45) is 10.7 Å². The molecule has 1 aliphatic rings. The number of carbonyl (C=O) groups is 1. The summed E-state index contributed by atoms with van der Waals surface area (Å²) >= 11 is 0. The van der Waals surface area contributed by atoms with E-state index in [2.05, 4.69) is 20.3 Å². The second-order valence-electron chi connectivity index (χ2n) is 7.11. The smallest absolute Gasteiger partial charge is 0.275 e. The van der Waals surface area contributed by atoms with Crippen LogP contribution in [-0.4, -0.2) is 40.7 Å². The molecule has 0 saturated heterocycles. The van der Waals surface area contributed by atoms with Gasteiger partial charge in [0, 0.05) is 17.7 Å². The Balaban J connectivity index is 1.92. The number of carbonyl (C=O) groups excluding carboxylic acids is 1. The summed E-state index contributed by atoms with van der Waals surface area (Å²) in [6.45, 7) is 2.46. The molecule has 154 valence electrons. The Bertz CT molecular complexity index is 965. The van der Waals surface area contributed by atoms with Crippen LogP contribution in [0, 0.1) is 5.82 Å². The molecule has 0 radical (unpaired) electrons. The molecule has 10 heteroatoms. The first-order valence-electron chi connectivity index (χ1n) is 8.73. The van der Waals surface area contributed by atoms with Gasteiger partial charge >= 0.3 is 0 Å². The lowest BCUT2D eigenvalue weighted by atomic mass is 9.79. The molecule has 0 unspecified atom stereocenters. The highest BCUT2D eigenvalue weighted by Crippen LogP contribution is 2.42. The number of anilines is 1. The number of amides is 1. The first-order valence-corrected chi connectivity index (χ1v) is 8.73. The normalized spacial score (nSPS) is 26.6. The number of amidine groups is 1. The maximum Gasteiger partial charge on any atom is 0.275 e. The van der Waals surface area contributed by atoms with Crippen LogP contribution in [0.4, 0.5) is 18.9 Å². The van der Waals surface area contributed by atoms with Gasteiger partial charge in [-0.3, -0.25) is 9.79 Å². The van der Waals surface area contributed by atoms with Crippen molar-refractivity contribution < 1.29 is 22.7 Å². The third-order valence-electron chi connectivity index (χ3n) is 4.90. The summed E-state index contributed by atoms with van der Waals surface area (Å²) < 4.78 is 48.5. The summed E-state index contributed by atoms with van der Waals surface area (Å²) in [5.74, 6) is -1.53. The summed E-state index contributed by atoms with van der Waals surface area (Å²) in [7, 11) is 1.41. The van der Waals surface area contributed by atoms with Crippen LogP contribution in [0.5, 0.6) is 5.88 Å². The highest BCUT2D eigenvalue weighted by molar-refractivity contribution is 6.02. The zero-order valence-electron chi connectivity index (χ0n) is 16.0. The Morgan fingerprint density at radius 2 is 2.03 bits per heavy atom. The number of alkyl halides is 2. The number of methoxy groups -OCH3 is 1. The van der Waals surface area contributed by atoms with Gasteiger partial charge in [0.1, 0.15) is 29.1 Å². The van der Waals surface area contributed by atoms with Gasteiger partial charge in [0.15, 0.2) is 5.67 Å². The van der Waals surface area contributed by atoms with Crippen molar-refractivity contribution in [3.63, 3.8) is 0 Å². The van der Waals surface area contributed by atoms with E-state index in [0.717, 1.165) is 13.0 Å².